The third-order valence-electron chi connectivity index (χ3n) is 6.17. The van der Waals surface area contributed by atoms with E-state index in [4.69, 9.17) is 9.47 Å². The van der Waals surface area contributed by atoms with Crippen molar-refractivity contribution in [3.8, 4) is 11.5 Å². The Hall–Kier alpha value is -4.31. The van der Waals surface area contributed by atoms with Crippen molar-refractivity contribution in [1.29, 1.82) is 0 Å². The third kappa shape index (κ3) is 11.0. The molecule has 0 saturated heterocycles. The molecule has 0 saturated carbocycles. The lowest BCUT2D eigenvalue weighted by Gasteiger charge is -2.32. The van der Waals surface area contributed by atoms with Gasteiger partial charge in [-0.2, -0.15) is 0 Å². The number of phenols is 1. The number of esters is 2. The lowest BCUT2D eigenvalue weighted by Crippen LogP contribution is -2.28. The minimum Gasteiger partial charge on any atom is -0.508 e. The summed E-state index contributed by atoms with van der Waals surface area (Å²) in [4.78, 5) is 28.2. The number of rotatable bonds is 12. The molecule has 1 aliphatic rings. The number of benzene rings is 2. The topological polar surface area (TPSA) is 154 Å². The molecule has 1 atom stereocenters. The first-order chi connectivity index (χ1) is 20.8. The van der Waals surface area contributed by atoms with Crippen LogP contribution in [0.3, 0.4) is 0 Å². The van der Waals surface area contributed by atoms with Gasteiger partial charge in [-0.1, -0.05) is 24.3 Å². The molecule has 45 heavy (non-hydrogen) atoms. The Morgan fingerprint density at radius 1 is 0.956 bits per heavy atom. The summed E-state index contributed by atoms with van der Waals surface area (Å²) >= 11 is 0. The van der Waals surface area contributed by atoms with Crippen LogP contribution in [0.1, 0.15) is 22.7 Å². The normalized spacial score (nSPS) is 15.5. The fraction of sp³-hybridized carbons (Fsp3) is 0.310. The number of phenolic OH excluding ortho intramolecular Hbond substituents is 1. The number of halogens is 3. The summed E-state index contributed by atoms with van der Waals surface area (Å²) in [5.41, 5.74) is 0.104. The number of hydrogen-bond acceptors (Lipinski definition) is 11. The van der Waals surface area contributed by atoms with Gasteiger partial charge in [0.05, 0.1) is 28.7 Å². The van der Waals surface area contributed by atoms with Crippen molar-refractivity contribution >= 4 is 37.7 Å². The van der Waals surface area contributed by atoms with E-state index in [0.717, 1.165) is 24.6 Å². The Labute approximate surface area is 258 Å². The Bertz CT molecular complexity index is 1730. The predicted molar refractivity (Wildman–Crippen MR) is 157 cm³/mol. The maximum absolute atomic E-state index is 13.4. The highest BCUT2D eigenvalue weighted by Gasteiger charge is 2.32. The first-order valence-electron chi connectivity index (χ1n) is 13.0. The van der Waals surface area contributed by atoms with Crippen LogP contribution in [0.25, 0.3) is 6.08 Å². The predicted octanol–water partition coefficient (Wildman–Crippen LogP) is 3.48. The molecule has 2 aromatic rings. The molecule has 0 fully saturated rings. The zero-order chi connectivity index (χ0) is 33.6. The fourth-order valence-electron chi connectivity index (χ4n) is 4.19. The lowest BCUT2D eigenvalue weighted by molar-refractivity contribution is -0.274. The van der Waals surface area contributed by atoms with Crippen LogP contribution in [0.4, 0.5) is 13.2 Å². The number of alkyl halides is 3. The van der Waals surface area contributed by atoms with Gasteiger partial charge in [-0.25, -0.2) is 26.4 Å². The Kier molecular flexibility index (Phi) is 11.1. The molecule has 0 radical (unpaired) electrons. The molecule has 2 aromatic carbocycles. The number of carbonyl (C=O) groups is 2. The quantitative estimate of drug-likeness (QED) is 0.260. The van der Waals surface area contributed by atoms with Gasteiger partial charge in [0.1, 0.15) is 24.7 Å². The second kappa shape index (κ2) is 14.2. The van der Waals surface area contributed by atoms with Crippen LogP contribution in [0, 0.1) is 0 Å². The molecule has 0 spiro atoms. The van der Waals surface area contributed by atoms with Gasteiger partial charge in [-0.15, -0.1) is 19.8 Å². The third-order valence-corrected chi connectivity index (χ3v) is 7.98. The Morgan fingerprint density at radius 2 is 1.56 bits per heavy atom. The second-order valence-electron chi connectivity index (χ2n) is 9.99. The molecule has 0 amide bonds. The van der Waals surface area contributed by atoms with E-state index >= 15 is 0 Å². The molecule has 1 aliphatic heterocycles. The van der Waals surface area contributed by atoms with E-state index < -0.39 is 85.6 Å². The van der Waals surface area contributed by atoms with Gasteiger partial charge in [0.25, 0.3) is 0 Å². The van der Waals surface area contributed by atoms with Crippen LogP contribution in [-0.4, -0.2) is 82.4 Å². The van der Waals surface area contributed by atoms with Crippen molar-refractivity contribution < 1.29 is 58.9 Å². The number of carbonyl (C=O) groups excluding carboxylic acids is 2. The first-order valence-corrected chi connectivity index (χ1v) is 17.2. The lowest BCUT2D eigenvalue weighted by atomic mass is 9.92. The summed E-state index contributed by atoms with van der Waals surface area (Å²) in [6.07, 6.45) is 0.765. The van der Waals surface area contributed by atoms with Crippen LogP contribution >= 0.6 is 0 Å². The van der Waals surface area contributed by atoms with Crippen molar-refractivity contribution in [1.82, 2.24) is 4.90 Å². The van der Waals surface area contributed by atoms with Gasteiger partial charge < -0.3 is 24.2 Å². The van der Waals surface area contributed by atoms with Crippen LogP contribution in [0.5, 0.6) is 11.5 Å². The smallest absolute Gasteiger partial charge is 0.508 e. The van der Waals surface area contributed by atoms with Crippen molar-refractivity contribution in [2.75, 3.05) is 37.2 Å². The first kappa shape index (κ1) is 35.2. The van der Waals surface area contributed by atoms with Gasteiger partial charge in [0.2, 0.25) is 0 Å². The van der Waals surface area contributed by atoms with E-state index in [1.54, 1.807) is 0 Å². The molecule has 3 rings (SSSR count). The summed E-state index contributed by atoms with van der Waals surface area (Å²) in [5.74, 6) is -4.00. The van der Waals surface area contributed by atoms with E-state index in [-0.39, 0.29) is 17.9 Å². The maximum Gasteiger partial charge on any atom is 0.573 e. The molecule has 1 unspecified atom stereocenters. The van der Waals surface area contributed by atoms with Gasteiger partial charge >= 0.3 is 18.3 Å². The summed E-state index contributed by atoms with van der Waals surface area (Å²) in [6.45, 7) is 2.50. The molecule has 0 bridgehead atoms. The van der Waals surface area contributed by atoms with Gasteiger partial charge in [0.15, 0.2) is 19.7 Å². The van der Waals surface area contributed by atoms with E-state index in [2.05, 4.69) is 11.3 Å². The number of ether oxygens (including phenoxy) is 3. The van der Waals surface area contributed by atoms with Crippen LogP contribution < -0.4 is 4.74 Å². The Balaban J connectivity index is 2.18. The maximum atomic E-state index is 13.4. The van der Waals surface area contributed by atoms with Crippen molar-refractivity contribution in [3.63, 3.8) is 0 Å². The molecule has 1 N–H and O–H groups in total. The Morgan fingerprint density at radius 3 is 2.11 bits per heavy atom. The number of nitrogens with zero attached hydrogens (tertiary/aromatic N) is 1. The summed E-state index contributed by atoms with van der Waals surface area (Å²) in [5, 5.41) is 10.3. The van der Waals surface area contributed by atoms with E-state index in [1.165, 1.54) is 53.6 Å². The van der Waals surface area contributed by atoms with E-state index in [1.807, 2.05) is 0 Å². The fourth-order valence-corrected chi connectivity index (χ4v) is 4.97. The van der Waals surface area contributed by atoms with Crippen LogP contribution in [0.2, 0.25) is 0 Å². The summed E-state index contributed by atoms with van der Waals surface area (Å²) in [6, 6.07) is 8.26. The highest BCUT2D eigenvalue weighted by molar-refractivity contribution is 7.90. The van der Waals surface area contributed by atoms with Crippen molar-refractivity contribution in [2.45, 2.75) is 18.9 Å². The van der Waals surface area contributed by atoms with E-state index in [9.17, 15) is 44.7 Å². The average Bonchev–Trinajstić information content (AvgIpc) is 2.88. The SMILES string of the molecule is C=CC1c2cc(O)ccc2C=C(C(=O)OCCS(C)(=O)=O)C(C(=O)OCCS(C)(=O)=O)=CN1Cc1cccc(OC(F)(F)F)c1. The van der Waals surface area contributed by atoms with Crippen molar-refractivity contribution in [3.05, 3.63) is 89.2 Å². The standard InChI is InChI=1S/C29H30F3NO10S2/c1-4-26-23-16-21(34)9-8-20(23)15-24(27(35)41-10-12-44(2,37)38)25(28(36)42-11-13-45(3,39)40)18-33(26)17-19-6-5-7-22(14-19)43-29(30,31)32/h4-9,14-16,18,26,34H,1,10-13,17H2,2-3H3. The largest absolute Gasteiger partial charge is 0.573 e. The zero-order valence-electron chi connectivity index (χ0n) is 24.1. The van der Waals surface area contributed by atoms with Crippen LogP contribution in [-0.2, 0) is 45.3 Å². The highest BCUT2D eigenvalue weighted by Crippen LogP contribution is 2.36. The summed E-state index contributed by atoms with van der Waals surface area (Å²) < 4.78 is 99.4. The van der Waals surface area contributed by atoms with Gasteiger partial charge in [-0.05, 0) is 47.0 Å². The highest BCUT2D eigenvalue weighted by atomic mass is 32.2. The second-order valence-corrected chi connectivity index (χ2v) is 14.5. The molecule has 0 aliphatic carbocycles. The average molecular weight is 674 g/mol. The molecular formula is C29H30F3NO10S2. The molecule has 1 heterocycles. The van der Waals surface area contributed by atoms with Crippen LogP contribution in [0.15, 0.2) is 72.5 Å². The van der Waals surface area contributed by atoms with Gasteiger partial charge in [-0.3, -0.25) is 0 Å². The number of sulfone groups is 2. The minimum atomic E-state index is -4.96. The minimum absolute atomic E-state index is 0.170. The monoisotopic (exact) mass is 673 g/mol. The number of hydrogen-bond donors (Lipinski definition) is 1. The van der Waals surface area contributed by atoms with Gasteiger partial charge in [0, 0.05) is 25.3 Å². The molecular weight excluding hydrogens is 643 g/mol. The molecule has 11 nitrogen and oxygen atoms in total. The zero-order valence-corrected chi connectivity index (χ0v) is 25.7. The number of aromatic hydroxyl groups is 1. The van der Waals surface area contributed by atoms with Crippen molar-refractivity contribution in [2.24, 2.45) is 0 Å². The van der Waals surface area contributed by atoms with E-state index in [0.29, 0.717) is 11.1 Å². The molecule has 16 heteroatoms. The number of fused-ring (bicyclic) bond motifs is 1. The molecule has 244 valence electrons. The summed E-state index contributed by atoms with van der Waals surface area (Å²) in [7, 11) is -7.07. The molecule has 0 aromatic heterocycles.